The lowest BCUT2D eigenvalue weighted by Crippen LogP contribution is -2.07. The molecule has 0 aliphatic carbocycles. The van der Waals surface area contributed by atoms with Gasteiger partial charge in [-0.05, 0) is 42.0 Å². The van der Waals surface area contributed by atoms with Gasteiger partial charge in [0.05, 0.1) is 27.6 Å². The summed E-state index contributed by atoms with van der Waals surface area (Å²) in [7, 11) is 0. The topological polar surface area (TPSA) is 61.4 Å². The van der Waals surface area contributed by atoms with E-state index < -0.39 is 0 Å². The van der Waals surface area contributed by atoms with Gasteiger partial charge in [0.2, 0.25) is 5.95 Å². The number of pyridine rings is 1. The molecule has 0 N–H and O–H groups in total. The Morgan fingerprint density at radius 3 is 1.72 bits per heavy atom. The highest BCUT2D eigenvalue weighted by atomic mass is 15.2. The second-order valence-electron chi connectivity index (χ2n) is 12.3. The van der Waals surface area contributed by atoms with E-state index in [1.165, 1.54) is 0 Å². The van der Waals surface area contributed by atoms with Crippen LogP contribution >= 0.6 is 0 Å². The van der Waals surface area contributed by atoms with Crippen LogP contribution in [0.5, 0.6) is 0 Å². The fraction of sp³-hybridized carbons (Fsp3) is 0. The molecule has 6 nitrogen and oxygen atoms in total. The zero-order valence-electron chi connectivity index (χ0n) is 26.8. The smallest absolute Gasteiger partial charge is 0.238 e. The van der Waals surface area contributed by atoms with Gasteiger partial charge in [0.25, 0.3) is 0 Å². The molecule has 0 amide bonds. The minimum absolute atomic E-state index is 0.563. The molecule has 10 rings (SSSR count). The molecule has 0 saturated heterocycles. The van der Waals surface area contributed by atoms with Crippen molar-refractivity contribution in [2.75, 3.05) is 0 Å². The zero-order chi connectivity index (χ0) is 33.0. The molecule has 4 aromatic heterocycles. The molecular formula is C44H28N6. The lowest BCUT2D eigenvalue weighted by molar-refractivity contribution is 0.954. The third kappa shape index (κ3) is 4.36. The average Bonchev–Trinajstić information content (AvgIpc) is 3.72. The van der Waals surface area contributed by atoms with Gasteiger partial charge in [-0.15, -0.1) is 0 Å². The first-order chi connectivity index (χ1) is 24.8. The van der Waals surface area contributed by atoms with E-state index in [1.807, 2.05) is 79.0 Å². The van der Waals surface area contributed by atoms with E-state index in [0.29, 0.717) is 17.6 Å². The van der Waals surface area contributed by atoms with Crippen molar-refractivity contribution in [2.24, 2.45) is 0 Å². The molecule has 0 radical (unpaired) electrons. The number of hydrogen-bond acceptors (Lipinski definition) is 4. The van der Waals surface area contributed by atoms with Gasteiger partial charge >= 0.3 is 0 Å². The predicted octanol–water partition coefficient (Wildman–Crippen LogP) is 10.5. The van der Waals surface area contributed by atoms with Gasteiger partial charge in [-0.2, -0.15) is 9.97 Å². The lowest BCUT2D eigenvalue weighted by Gasteiger charge is -2.13. The largest absolute Gasteiger partial charge is 0.308 e. The molecule has 10 aromatic rings. The Bertz CT molecular complexity index is 2800. The minimum Gasteiger partial charge on any atom is -0.308 e. The second kappa shape index (κ2) is 11.4. The fourth-order valence-electron chi connectivity index (χ4n) is 7.30. The monoisotopic (exact) mass is 640 g/mol. The fourth-order valence-corrected chi connectivity index (χ4v) is 7.30. The lowest BCUT2D eigenvalue weighted by atomic mass is 9.98. The van der Waals surface area contributed by atoms with E-state index >= 15 is 0 Å². The quantitative estimate of drug-likeness (QED) is 0.188. The predicted molar refractivity (Wildman–Crippen MR) is 203 cm³/mol. The van der Waals surface area contributed by atoms with Crippen LogP contribution in [-0.4, -0.2) is 29.1 Å². The van der Waals surface area contributed by atoms with Crippen molar-refractivity contribution in [2.45, 2.75) is 0 Å². The van der Waals surface area contributed by atoms with Crippen molar-refractivity contribution >= 4 is 43.7 Å². The number of aromatic nitrogens is 6. The highest BCUT2D eigenvalue weighted by Gasteiger charge is 2.23. The van der Waals surface area contributed by atoms with Gasteiger partial charge in [-0.1, -0.05) is 127 Å². The van der Waals surface area contributed by atoms with Gasteiger partial charge in [-0.25, -0.2) is 4.98 Å². The Kier molecular flexibility index (Phi) is 6.39. The summed E-state index contributed by atoms with van der Waals surface area (Å²) in [4.78, 5) is 20.3. The minimum atomic E-state index is 0.563. The maximum atomic E-state index is 5.19. The van der Waals surface area contributed by atoms with E-state index in [9.17, 15) is 0 Å². The van der Waals surface area contributed by atoms with Crippen LogP contribution in [0.4, 0.5) is 0 Å². The summed E-state index contributed by atoms with van der Waals surface area (Å²) in [6.45, 7) is 0. The molecule has 50 heavy (non-hydrogen) atoms. The molecule has 0 bridgehead atoms. The Labute approximate surface area is 287 Å². The molecule has 234 valence electrons. The van der Waals surface area contributed by atoms with E-state index in [1.54, 1.807) is 0 Å². The van der Waals surface area contributed by atoms with Crippen LogP contribution in [0.25, 0.3) is 89.3 Å². The summed E-state index contributed by atoms with van der Waals surface area (Å²) < 4.78 is 4.52. The molecular weight excluding hydrogens is 613 g/mol. The second-order valence-corrected chi connectivity index (χ2v) is 12.3. The number of hydrogen-bond donors (Lipinski definition) is 0. The maximum absolute atomic E-state index is 5.19. The van der Waals surface area contributed by atoms with E-state index in [-0.39, 0.29) is 0 Å². The normalized spacial score (nSPS) is 11.6. The summed E-state index contributed by atoms with van der Waals surface area (Å²) in [6.07, 6.45) is 1.88. The molecule has 6 heteroatoms. The van der Waals surface area contributed by atoms with Gasteiger partial charge in [0.1, 0.15) is 0 Å². The Morgan fingerprint density at radius 1 is 0.400 bits per heavy atom. The Morgan fingerprint density at radius 2 is 0.980 bits per heavy atom. The van der Waals surface area contributed by atoms with Crippen LogP contribution in [0.15, 0.2) is 170 Å². The molecule has 4 heterocycles. The summed E-state index contributed by atoms with van der Waals surface area (Å²) in [5, 5.41) is 3.35. The van der Waals surface area contributed by atoms with Crippen LogP contribution in [0.2, 0.25) is 0 Å². The average molecular weight is 641 g/mol. The molecule has 0 aliphatic heterocycles. The van der Waals surface area contributed by atoms with Gasteiger partial charge in [0, 0.05) is 44.7 Å². The summed E-state index contributed by atoms with van der Waals surface area (Å²) in [5.74, 6) is 1.80. The van der Waals surface area contributed by atoms with Crippen molar-refractivity contribution in [3.63, 3.8) is 0 Å². The standard InChI is InChI=1S/C44H28N6/c1-4-15-29(16-5-1)42-46-43(30-17-6-2-7-18-30)48-44(47-42)50-36-25-11-10-21-32(36)34-23-12-24-35(41(34)50)33-22-13-26-37-39(33)40-38(27-14-28-45-40)49(37)31-19-8-3-9-20-31/h1-28H. The molecule has 6 aromatic carbocycles. The first-order valence-electron chi connectivity index (χ1n) is 16.7. The van der Waals surface area contributed by atoms with Crippen LogP contribution in [0, 0.1) is 0 Å². The molecule has 0 spiro atoms. The number of fused-ring (bicyclic) bond motifs is 6. The summed E-state index contributed by atoms with van der Waals surface area (Å²) >= 11 is 0. The van der Waals surface area contributed by atoms with Crippen molar-refractivity contribution in [3.05, 3.63) is 170 Å². The summed E-state index contributed by atoms with van der Waals surface area (Å²) in [6, 6.07) is 56.5. The maximum Gasteiger partial charge on any atom is 0.238 e. The molecule has 0 fully saturated rings. The van der Waals surface area contributed by atoms with E-state index in [2.05, 4.69) is 100 Å². The third-order valence-corrected chi connectivity index (χ3v) is 9.43. The number of rotatable bonds is 5. The Hall–Kier alpha value is -6.92. The number of benzene rings is 6. The van der Waals surface area contributed by atoms with Crippen LogP contribution < -0.4 is 0 Å². The van der Waals surface area contributed by atoms with Crippen molar-refractivity contribution in [3.8, 4) is 45.5 Å². The van der Waals surface area contributed by atoms with Crippen molar-refractivity contribution < 1.29 is 0 Å². The SMILES string of the molecule is c1ccc(-c2nc(-c3ccccc3)nc(-n3c4ccccc4c4cccc(-c5cccc6c5c5ncccc5n6-c5ccccc5)c43)n2)cc1. The number of para-hydroxylation sites is 3. The highest BCUT2D eigenvalue weighted by molar-refractivity contribution is 6.19. The van der Waals surface area contributed by atoms with Crippen LogP contribution in [0.3, 0.4) is 0 Å². The van der Waals surface area contributed by atoms with Gasteiger partial charge < -0.3 is 4.57 Å². The molecule has 0 atom stereocenters. The highest BCUT2D eigenvalue weighted by Crippen LogP contribution is 2.43. The Balaban J connectivity index is 1.32. The van der Waals surface area contributed by atoms with Crippen LogP contribution in [0.1, 0.15) is 0 Å². The van der Waals surface area contributed by atoms with Crippen molar-refractivity contribution in [1.29, 1.82) is 0 Å². The third-order valence-electron chi connectivity index (χ3n) is 9.43. The molecule has 0 saturated carbocycles. The summed E-state index contributed by atoms with van der Waals surface area (Å²) in [5.41, 5.74) is 10.3. The van der Waals surface area contributed by atoms with Gasteiger partial charge in [-0.3, -0.25) is 9.55 Å². The first kappa shape index (κ1) is 28.1. The first-order valence-corrected chi connectivity index (χ1v) is 16.7. The van der Waals surface area contributed by atoms with E-state index in [4.69, 9.17) is 19.9 Å². The number of nitrogens with zero attached hydrogens (tertiary/aromatic N) is 6. The van der Waals surface area contributed by atoms with Gasteiger partial charge in [0.15, 0.2) is 11.6 Å². The molecule has 0 unspecified atom stereocenters. The zero-order valence-corrected chi connectivity index (χ0v) is 26.8. The molecule has 0 aliphatic rings. The van der Waals surface area contributed by atoms with E-state index in [0.717, 1.165) is 71.7 Å². The van der Waals surface area contributed by atoms with Crippen LogP contribution in [-0.2, 0) is 0 Å². The van der Waals surface area contributed by atoms with Crippen molar-refractivity contribution in [1.82, 2.24) is 29.1 Å².